The van der Waals surface area contributed by atoms with E-state index >= 15 is 0 Å². The smallest absolute Gasteiger partial charge is 0.0942 e. The van der Waals surface area contributed by atoms with Gasteiger partial charge in [0, 0.05) is 0 Å². The molecule has 6 heteroatoms. The highest BCUT2D eigenvalue weighted by atomic mass is 32.5. The van der Waals surface area contributed by atoms with Crippen LogP contribution in [0.3, 0.4) is 0 Å². The highest BCUT2D eigenvalue weighted by Gasteiger charge is 2.60. The lowest BCUT2D eigenvalue weighted by Gasteiger charge is -2.37. The Morgan fingerprint density at radius 2 is 1.36 bits per heavy atom. The van der Waals surface area contributed by atoms with Crippen molar-refractivity contribution in [3.05, 3.63) is 11.5 Å². The first-order valence-corrected chi connectivity index (χ1v) is 6.50. The molecule has 0 radical (unpaired) electrons. The van der Waals surface area contributed by atoms with Crippen molar-refractivity contribution in [2.45, 2.75) is 32.1 Å². The van der Waals surface area contributed by atoms with Gasteiger partial charge < -0.3 is 0 Å². The second-order valence-electron chi connectivity index (χ2n) is 3.76. The van der Waals surface area contributed by atoms with Crippen LogP contribution < -0.4 is 0 Å². The van der Waals surface area contributed by atoms with E-state index in [2.05, 4.69) is 0 Å². The van der Waals surface area contributed by atoms with Crippen molar-refractivity contribution in [2.75, 3.05) is 0 Å². The van der Waals surface area contributed by atoms with Crippen LogP contribution in [0.25, 0.3) is 0 Å². The van der Waals surface area contributed by atoms with Gasteiger partial charge in [0.15, 0.2) is 0 Å². The van der Waals surface area contributed by atoms with Gasteiger partial charge in [-0.15, -0.1) is 0 Å². The Hall–Kier alpha value is -0.260. The molecule has 1 fully saturated rings. The molecule has 0 atom stereocenters. The average molecular weight is 236 g/mol. The Kier molecular flexibility index (Phi) is 2.42. The minimum atomic E-state index is -9.31. The van der Waals surface area contributed by atoms with Crippen molar-refractivity contribution in [1.29, 1.82) is 0 Å². The van der Waals surface area contributed by atoms with Crippen LogP contribution in [0.4, 0.5) is 19.4 Å². The number of hydrogen-bond donors (Lipinski definition) is 0. The van der Waals surface area contributed by atoms with Crippen LogP contribution in [0.5, 0.6) is 0 Å². The molecule has 0 N–H and O–H groups in total. The Bertz CT molecular complexity index is 232. The van der Waals surface area contributed by atoms with Crippen LogP contribution in [0, 0.1) is 5.92 Å². The van der Waals surface area contributed by atoms with Gasteiger partial charge in [-0.05, 0) is 18.8 Å². The molecule has 0 aromatic carbocycles. The molecule has 1 aliphatic carbocycles. The van der Waals surface area contributed by atoms with Crippen molar-refractivity contribution in [3.63, 3.8) is 0 Å². The fraction of sp³-hybridized carbons (Fsp3) is 0.750. The first kappa shape index (κ1) is 11.8. The molecule has 0 aromatic heterocycles. The molecule has 0 unspecified atom stereocenters. The lowest BCUT2D eigenvalue weighted by molar-refractivity contribution is 0.381. The highest BCUT2D eigenvalue weighted by molar-refractivity contribution is 8.48. The minimum absolute atomic E-state index is 0.326. The predicted molar refractivity (Wildman–Crippen MR) is 48.8 cm³/mol. The first-order valence-electron chi connectivity index (χ1n) is 4.49. The summed E-state index contributed by atoms with van der Waals surface area (Å²) in [7, 11) is -9.31. The first-order chi connectivity index (χ1) is 6.05. The van der Waals surface area contributed by atoms with Crippen molar-refractivity contribution < 1.29 is 19.4 Å². The second kappa shape index (κ2) is 2.87. The molecule has 0 nitrogen and oxygen atoms in total. The van der Waals surface area contributed by atoms with Gasteiger partial charge in [-0.2, -0.15) is 0 Å². The van der Waals surface area contributed by atoms with Crippen molar-refractivity contribution >= 4 is 10.2 Å². The van der Waals surface area contributed by atoms with Gasteiger partial charge in [0.2, 0.25) is 0 Å². The summed E-state index contributed by atoms with van der Waals surface area (Å²) in [6.07, 6.45) is 4.46. The van der Waals surface area contributed by atoms with E-state index in [-0.39, 0.29) is 5.92 Å². The second-order valence-corrected chi connectivity index (χ2v) is 6.08. The maximum Gasteiger partial charge on any atom is 0.304 e. The highest BCUT2D eigenvalue weighted by Crippen LogP contribution is 2.99. The summed E-state index contributed by atoms with van der Waals surface area (Å²) in [5, 5.41) is -0.796. The average Bonchev–Trinajstić information content (AvgIpc) is 2.00. The molecule has 0 heterocycles. The summed E-state index contributed by atoms with van der Waals surface area (Å²) in [6.45, 7) is 0. The van der Waals surface area contributed by atoms with Crippen molar-refractivity contribution in [2.24, 2.45) is 5.92 Å². The molecular formula is C8H13F5S. The number of rotatable bonds is 2. The number of hydrogen-bond acceptors (Lipinski definition) is 0. The lowest BCUT2D eigenvalue weighted by Crippen LogP contribution is -2.05. The number of allylic oxidation sites excluding steroid dienone is 1. The van der Waals surface area contributed by atoms with Crippen LogP contribution in [0.15, 0.2) is 11.5 Å². The van der Waals surface area contributed by atoms with Crippen LogP contribution in [-0.4, -0.2) is 0 Å². The summed E-state index contributed by atoms with van der Waals surface area (Å²) < 4.78 is 59.4. The fourth-order valence-electron chi connectivity index (χ4n) is 1.59. The molecular weight excluding hydrogens is 223 g/mol. The molecule has 14 heavy (non-hydrogen) atoms. The molecule has 0 aromatic rings. The van der Waals surface area contributed by atoms with Gasteiger partial charge in [0.05, 0.1) is 5.41 Å². The van der Waals surface area contributed by atoms with Gasteiger partial charge in [-0.3, -0.25) is 0 Å². The SMILES string of the molecule is FS(F)(F)(F)(F)/C=C/C1CCCCC1. The summed E-state index contributed by atoms with van der Waals surface area (Å²) in [5.74, 6) is -0.326. The quantitative estimate of drug-likeness (QED) is 0.565. The van der Waals surface area contributed by atoms with Crippen LogP contribution in [-0.2, 0) is 0 Å². The van der Waals surface area contributed by atoms with E-state index in [9.17, 15) is 19.4 Å². The third-order valence-corrected chi connectivity index (χ3v) is 2.93. The van der Waals surface area contributed by atoms with E-state index in [1.165, 1.54) is 0 Å². The molecule has 0 bridgehead atoms. The van der Waals surface area contributed by atoms with Gasteiger partial charge >= 0.3 is 10.2 Å². The van der Waals surface area contributed by atoms with E-state index in [0.29, 0.717) is 18.9 Å². The molecule has 0 aliphatic heterocycles. The zero-order chi connectivity index (χ0) is 10.9. The Morgan fingerprint density at radius 1 is 0.857 bits per heavy atom. The topological polar surface area (TPSA) is 0 Å². The predicted octanol–water partition coefficient (Wildman–Crippen LogP) is 5.38. The van der Waals surface area contributed by atoms with E-state index in [1.54, 1.807) is 0 Å². The maximum absolute atomic E-state index is 11.9. The summed E-state index contributed by atoms with van der Waals surface area (Å²) in [4.78, 5) is 0. The van der Waals surface area contributed by atoms with E-state index < -0.39 is 15.6 Å². The van der Waals surface area contributed by atoms with E-state index in [0.717, 1.165) is 19.3 Å². The van der Waals surface area contributed by atoms with E-state index in [1.807, 2.05) is 0 Å². The van der Waals surface area contributed by atoms with Gasteiger partial charge in [-0.25, -0.2) is 0 Å². The Balaban J connectivity index is 2.63. The molecule has 0 saturated heterocycles. The summed E-state index contributed by atoms with van der Waals surface area (Å²) in [6, 6.07) is 0. The zero-order valence-electron chi connectivity index (χ0n) is 7.57. The molecule has 1 saturated carbocycles. The van der Waals surface area contributed by atoms with Gasteiger partial charge in [0.25, 0.3) is 0 Å². The third kappa shape index (κ3) is 5.47. The standard InChI is InChI=1S/C8H13F5S/c9-14(10,11,12,13)7-6-8-4-2-1-3-5-8/h6-8H,1-5H2/b7-6+. The Morgan fingerprint density at radius 3 is 1.79 bits per heavy atom. The van der Waals surface area contributed by atoms with Crippen LogP contribution in [0.2, 0.25) is 0 Å². The summed E-state index contributed by atoms with van der Waals surface area (Å²) >= 11 is 0. The van der Waals surface area contributed by atoms with Crippen LogP contribution >= 0.6 is 10.2 Å². The molecule has 1 aliphatic rings. The largest absolute Gasteiger partial charge is 0.304 e. The molecule has 0 amide bonds. The Labute approximate surface area is 79.9 Å². The van der Waals surface area contributed by atoms with Crippen molar-refractivity contribution in [3.8, 4) is 0 Å². The van der Waals surface area contributed by atoms with Crippen molar-refractivity contribution in [1.82, 2.24) is 0 Å². The maximum atomic E-state index is 11.9. The van der Waals surface area contributed by atoms with E-state index in [4.69, 9.17) is 0 Å². The molecule has 0 spiro atoms. The lowest BCUT2D eigenvalue weighted by atomic mass is 9.90. The minimum Gasteiger partial charge on any atom is -0.0942 e. The molecule has 86 valence electrons. The van der Waals surface area contributed by atoms with Gasteiger partial charge in [0.1, 0.15) is 0 Å². The van der Waals surface area contributed by atoms with Gasteiger partial charge in [-0.1, -0.05) is 44.8 Å². The molecule has 1 rings (SSSR count). The zero-order valence-corrected chi connectivity index (χ0v) is 8.38. The number of halogens is 5. The third-order valence-electron chi connectivity index (χ3n) is 2.26. The van der Waals surface area contributed by atoms with Crippen LogP contribution in [0.1, 0.15) is 32.1 Å². The summed E-state index contributed by atoms with van der Waals surface area (Å²) in [5.41, 5.74) is 0. The fourth-order valence-corrected chi connectivity index (χ4v) is 2.11. The normalized spacial score (nSPS) is 26.1. The monoisotopic (exact) mass is 236 g/mol.